The fraction of sp³-hybridized carbons (Fsp3) is 0.588. The van der Waals surface area contributed by atoms with Gasteiger partial charge in [-0.15, -0.1) is 11.8 Å². The highest BCUT2D eigenvalue weighted by Gasteiger charge is 2.30. The predicted molar refractivity (Wildman–Crippen MR) is 92.4 cm³/mol. The summed E-state index contributed by atoms with van der Waals surface area (Å²) >= 11 is 1.60. The Morgan fingerprint density at radius 3 is 2.78 bits per heavy atom. The summed E-state index contributed by atoms with van der Waals surface area (Å²) in [4.78, 5) is 11.1. The zero-order chi connectivity index (χ0) is 16.7. The number of nitrogens with one attached hydrogen (secondary N) is 1. The number of carbonyl (C=O) groups is 1. The Kier molecular flexibility index (Phi) is 7.05. The first kappa shape index (κ1) is 17.9. The van der Waals surface area contributed by atoms with E-state index in [2.05, 4.69) is 12.2 Å². The van der Waals surface area contributed by atoms with Crippen molar-refractivity contribution in [2.75, 3.05) is 19.0 Å². The molecule has 128 valence electrons. The molecule has 1 fully saturated rings. The normalized spacial score (nSPS) is 20.4. The lowest BCUT2D eigenvalue weighted by Gasteiger charge is -2.16. The molecule has 0 aliphatic carbocycles. The average Bonchev–Trinajstić information content (AvgIpc) is 3.03. The molecule has 2 rings (SSSR count). The van der Waals surface area contributed by atoms with E-state index >= 15 is 0 Å². The first-order valence-electron chi connectivity index (χ1n) is 8.15. The van der Waals surface area contributed by atoms with Crippen molar-refractivity contribution >= 4 is 17.7 Å². The van der Waals surface area contributed by atoms with Gasteiger partial charge in [-0.25, -0.2) is 0 Å². The van der Waals surface area contributed by atoms with E-state index in [1.54, 1.807) is 11.8 Å². The maximum absolute atomic E-state index is 11.1. The second kappa shape index (κ2) is 9.03. The fourth-order valence-corrected chi connectivity index (χ4v) is 3.64. The van der Waals surface area contributed by atoms with Crippen molar-refractivity contribution in [1.29, 1.82) is 0 Å². The van der Waals surface area contributed by atoms with E-state index in [1.807, 2.05) is 25.1 Å². The Bertz CT molecular complexity index is 523. The Morgan fingerprint density at radius 1 is 1.30 bits per heavy atom. The molecule has 6 heteroatoms. The molecule has 1 heterocycles. The van der Waals surface area contributed by atoms with Gasteiger partial charge in [-0.1, -0.05) is 25.8 Å². The highest BCUT2D eigenvalue weighted by atomic mass is 32.2. The number of rotatable bonds is 9. The standard InChI is InChI=1S/C17H25NO4S/c1-3-5-6-9-22-14-8-7-12(10-15(14)21-4-2)16-18-13(11-23-16)17(19)20/h7-8,10,13,16,18H,3-6,9,11H2,1-2H3,(H,19,20). The summed E-state index contributed by atoms with van der Waals surface area (Å²) in [5.74, 6) is 1.24. The van der Waals surface area contributed by atoms with Gasteiger partial charge in [-0.2, -0.15) is 0 Å². The number of thioether (sulfide) groups is 1. The van der Waals surface area contributed by atoms with Crippen molar-refractivity contribution in [2.24, 2.45) is 0 Å². The van der Waals surface area contributed by atoms with E-state index in [0.717, 1.165) is 36.3 Å². The number of carboxylic acid groups (broad SMARTS) is 1. The summed E-state index contributed by atoms with van der Waals surface area (Å²) in [5, 5.41) is 12.2. The van der Waals surface area contributed by atoms with Crippen LogP contribution in [0.15, 0.2) is 18.2 Å². The molecule has 2 N–H and O–H groups in total. The lowest BCUT2D eigenvalue weighted by molar-refractivity contribution is -0.138. The van der Waals surface area contributed by atoms with Crippen LogP contribution in [0.4, 0.5) is 0 Å². The van der Waals surface area contributed by atoms with Crippen LogP contribution >= 0.6 is 11.8 Å². The minimum absolute atomic E-state index is 0.0237. The summed E-state index contributed by atoms with van der Waals surface area (Å²) in [5.41, 5.74) is 1.02. The quantitative estimate of drug-likeness (QED) is 0.672. The molecule has 1 aromatic rings. The number of carboxylic acids is 1. The van der Waals surface area contributed by atoms with Gasteiger partial charge in [0.25, 0.3) is 0 Å². The Morgan fingerprint density at radius 2 is 2.13 bits per heavy atom. The van der Waals surface area contributed by atoms with Crippen LogP contribution in [0, 0.1) is 0 Å². The molecule has 1 aromatic carbocycles. The van der Waals surface area contributed by atoms with E-state index in [1.165, 1.54) is 0 Å². The smallest absolute Gasteiger partial charge is 0.321 e. The van der Waals surface area contributed by atoms with Crippen molar-refractivity contribution in [2.45, 2.75) is 44.5 Å². The molecule has 2 atom stereocenters. The van der Waals surface area contributed by atoms with Crippen LogP contribution in [0.1, 0.15) is 44.0 Å². The van der Waals surface area contributed by atoms with E-state index in [9.17, 15) is 4.79 Å². The van der Waals surface area contributed by atoms with Gasteiger partial charge in [-0.05, 0) is 31.0 Å². The van der Waals surface area contributed by atoms with Gasteiger partial charge < -0.3 is 14.6 Å². The molecule has 1 aliphatic heterocycles. The van der Waals surface area contributed by atoms with E-state index < -0.39 is 12.0 Å². The van der Waals surface area contributed by atoms with Crippen molar-refractivity contribution in [3.8, 4) is 11.5 Å². The highest BCUT2D eigenvalue weighted by molar-refractivity contribution is 7.99. The van der Waals surface area contributed by atoms with E-state index in [-0.39, 0.29) is 5.37 Å². The number of hydrogen-bond acceptors (Lipinski definition) is 5. The molecule has 0 amide bonds. The minimum atomic E-state index is -0.805. The molecule has 2 unspecified atom stereocenters. The van der Waals surface area contributed by atoms with Gasteiger partial charge in [0.15, 0.2) is 11.5 Å². The number of aliphatic carboxylic acids is 1. The number of ether oxygens (including phenoxy) is 2. The van der Waals surface area contributed by atoms with Crippen molar-refractivity contribution < 1.29 is 19.4 Å². The summed E-state index contributed by atoms with van der Waals surface area (Å²) < 4.78 is 11.5. The topological polar surface area (TPSA) is 67.8 Å². The summed E-state index contributed by atoms with van der Waals surface area (Å²) in [6.45, 7) is 5.36. The second-order valence-electron chi connectivity index (χ2n) is 5.47. The van der Waals surface area contributed by atoms with Gasteiger partial charge >= 0.3 is 5.97 Å². The molecule has 0 bridgehead atoms. The highest BCUT2D eigenvalue weighted by Crippen LogP contribution is 2.37. The van der Waals surface area contributed by atoms with Crippen LogP contribution < -0.4 is 14.8 Å². The van der Waals surface area contributed by atoms with Crippen molar-refractivity contribution in [3.05, 3.63) is 23.8 Å². The van der Waals surface area contributed by atoms with Crippen LogP contribution in [-0.4, -0.2) is 36.1 Å². The third kappa shape index (κ3) is 5.04. The largest absolute Gasteiger partial charge is 0.490 e. The summed E-state index contributed by atoms with van der Waals surface area (Å²) in [6, 6.07) is 5.36. The van der Waals surface area contributed by atoms with E-state index in [0.29, 0.717) is 19.0 Å². The van der Waals surface area contributed by atoms with Crippen molar-refractivity contribution in [1.82, 2.24) is 5.32 Å². The number of benzene rings is 1. The summed E-state index contributed by atoms with van der Waals surface area (Å²) in [6.07, 6.45) is 3.35. The molecule has 5 nitrogen and oxygen atoms in total. The Labute approximate surface area is 141 Å². The van der Waals surface area contributed by atoms with E-state index in [4.69, 9.17) is 14.6 Å². The second-order valence-corrected chi connectivity index (χ2v) is 6.60. The molecule has 1 saturated heterocycles. The first-order valence-corrected chi connectivity index (χ1v) is 9.20. The minimum Gasteiger partial charge on any atom is -0.490 e. The summed E-state index contributed by atoms with van der Waals surface area (Å²) in [7, 11) is 0. The van der Waals surface area contributed by atoms with Crippen LogP contribution in [0.2, 0.25) is 0 Å². The molecule has 23 heavy (non-hydrogen) atoms. The van der Waals surface area contributed by atoms with Crippen LogP contribution in [0.3, 0.4) is 0 Å². The fourth-order valence-electron chi connectivity index (χ4n) is 2.42. The molecular weight excluding hydrogens is 314 g/mol. The average molecular weight is 339 g/mol. The van der Waals surface area contributed by atoms with Gasteiger partial charge in [0.1, 0.15) is 6.04 Å². The van der Waals surface area contributed by atoms with Gasteiger partial charge in [0.05, 0.1) is 18.6 Å². The first-order chi connectivity index (χ1) is 11.2. The van der Waals surface area contributed by atoms with Gasteiger partial charge in [0.2, 0.25) is 0 Å². The maximum atomic E-state index is 11.1. The van der Waals surface area contributed by atoms with Crippen LogP contribution in [-0.2, 0) is 4.79 Å². The van der Waals surface area contributed by atoms with Gasteiger partial charge in [-0.3, -0.25) is 10.1 Å². The monoisotopic (exact) mass is 339 g/mol. The molecule has 0 saturated carbocycles. The van der Waals surface area contributed by atoms with Crippen LogP contribution in [0.5, 0.6) is 11.5 Å². The number of unbranched alkanes of at least 4 members (excludes halogenated alkanes) is 2. The van der Waals surface area contributed by atoms with Crippen LogP contribution in [0.25, 0.3) is 0 Å². The zero-order valence-electron chi connectivity index (χ0n) is 13.7. The lowest BCUT2D eigenvalue weighted by Crippen LogP contribution is -2.33. The number of hydrogen-bond donors (Lipinski definition) is 2. The SMILES string of the molecule is CCCCCOc1ccc(C2NC(C(=O)O)CS2)cc1OCC. The predicted octanol–water partition coefficient (Wildman–Crippen LogP) is 3.44. The molecule has 0 spiro atoms. The third-order valence-corrected chi connectivity index (χ3v) is 4.92. The van der Waals surface area contributed by atoms with Gasteiger partial charge in [0, 0.05) is 5.75 Å². The Hall–Kier alpha value is -1.40. The Balaban J connectivity index is 2.04. The molecule has 1 aliphatic rings. The maximum Gasteiger partial charge on any atom is 0.321 e. The zero-order valence-corrected chi connectivity index (χ0v) is 14.5. The molecule has 0 aromatic heterocycles. The lowest BCUT2D eigenvalue weighted by atomic mass is 10.2. The molecular formula is C17H25NO4S. The molecule has 0 radical (unpaired) electrons. The van der Waals surface area contributed by atoms with Crippen molar-refractivity contribution in [3.63, 3.8) is 0 Å². The third-order valence-electron chi connectivity index (χ3n) is 3.66.